The molecule has 1 amide bonds. The van der Waals surface area contributed by atoms with Crippen molar-refractivity contribution in [2.75, 3.05) is 93.6 Å². The molecule has 32 heteroatoms. The summed E-state index contributed by atoms with van der Waals surface area (Å²) in [5.74, 6) is 4.41. The van der Waals surface area contributed by atoms with Gasteiger partial charge >= 0.3 is 6.09 Å². The Morgan fingerprint density at radius 2 is 0.863 bits per heavy atom. The zero-order valence-electron chi connectivity index (χ0n) is 103. The van der Waals surface area contributed by atoms with Gasteiger partial charge in [-0.3, -0.25) is 38.5 Å². The van der Waals surface area contributed by atoms with E-state index in [-0.39, 0.29) is 199 Å². The Hall–Kier alpha value is 1.30. The SMILES string of the molecule is CC(C)I=NCON(C(C(C)C)C(C)(C)C)C(C)(C)C.CC(C)I=NCON(C(c1ccccc1)C(C)C)C(C)(C)C.CC(C)I=NCON1C(C)(C)CCCC1(C)C.CC1CCC(C(C)C)C2(C1)CN(C(C)C)CC1(CCCCC1)N2OCN=IC(C)C.CCC1(CN(C)C(=O)OC(C)(C)C)COCC2(CC(C)CCC2C(C)C)N1OCN=IC(C)C.CCOP(C)(=O)C(N(OCN=IC(C)C)C(C)(C)C)C(C)(C)C. The molecule has 1 aromatic carbocycles. The minimum atomic E-state index is -2.88. The predicted molar refractivity (Wildman–Crippen MR) is 671 cm³/mol. The molecule has 11 atom stereocenters. The maximum absolute atomic E-state index is 13.2. The van der Waals surface area contributed by atoms with E-state index in [1.165, 1.54) is 102 Å². The maximum Gasteiger partial charge on any atom is 0.410 e. The molecule has 3 saturated heterocycles. The van der Waals surface area contributed by atoms with E-state index in [9.17, 15) is 9.36 Å². The number of amides is 1. The number of nitrogens with zero attached hydrogens (tertiary/aromatic N) is 14. The number of piperidine rings is 1. The van der Waals surface area contributed by atoms with Crippen LogP contribution in [0.5, 0.6) is 0 Å². The van der Waals surface area contributed by atoms with Gasteiger partial charge in [0.2, 0.25) is 7.37 Å². The van der Waals surface area contributed by atoms with Gasteiger partial charge in [-0.1, -0.05) is 263 Å². The van der Waals surface area contributed by atoms with E-state index in [2.05, 4.69) is 378 Å². The van der Waals surface area contributed by atoms with Gasteiger partial charge < -0.3 is 18.9 Å². The number of hydroxylamine groups is 12. The molecule has 7 rings (SSSR count). The zero-order chi connectivity index (χ0) is 112. The Kier molecular flexibility index (Phi) is 64.8. The lowest BCUT2D eigenvalue weighted by molar-refractivity contribution is -0.348. The van der Waals surface area contributed by atoms with E-state index in [0.717, 1.165) is 22.7 Å². The second-order valence-corrected chi connectivity index (χ2v) is 77.8. The lowest BCUT2D eigenvalue weighted by Gasteiger charge is -2.65. The number of ether oxygens (including phenoxy) is 2. The van der Waals surface area contributed by atoms with E-state index in [4.69, 9.17) is 49.3 Å². The number of likely N-dealkylation sites (N-methyl/N-ethyl adjacent to an activating group) is 1. The molecule has 0 aromatic heterocycles. The summed E-state index contributed by atoms with van der Waals surface area (Å²) in [6, 6.07) is 11.8. The quantitative estimate of drug-likeness (QED) is 0.0259. The molecule has 3 spiro atoms. The van der Waals surface area contributed by atoms with Crippen LogP contribution in [0, 0.1) is 58.2 Å². The number of hydrogen-bond donors (Lipinski definition) is 0. The number of benzene rings is 1. The number of carbonyl (C=O) groups is 1. The van der Waals surface area contributed by atoms with Gasteiger partial charge in [0, 0.05) is 96.7 Å². The van der Waals surface area contributed by atoms with Crippen molar-refractivity contribution in [3.63, 3.8) is 0 Å². The van der Waals surface area contributed by atoms with Gasteiger partial charge in [0.15, 0.2) is 40.4 Å². The first-order chi connectivity index (χ1) is 67.0. The van der Waals surface area contributed by atoms with Gasteiger partial charge in [0.1, 0.15) is 11.4 Å². The fraction of sp³-hybridized carbons (Fsp3) is 0.939. The second-order valence-electron chi connectivity index (χ2n) is 52.9. The number of alkyl halides is 6. The molecule has 0 bridgehead atoms. The number of rotatable bonds is 39. The fourth-order valence-corrected chi connectivity index (χ4v) is 31.8. The summed E-state index contributed by atoms with van der Waals surface area (Å²) in [5.41, 5.74) is 0.192. The third kappa shape index (κ3) is 49.1. The van der Waals surface area contributed by atoms with Crippen LogP contribution in [-0.4, -0.2) is 237 Å². The number of halogens is 6. The van der Waals surface area contributed by atoms with Crippen LogP contribution < -0.4 is 0 Å². The van der Waals surface area contributed by atoms with Gasteiger partial charge in [-0.25, -0.2) is 23.7 Å². The van der Waals surface area contributed by atoms with Crippen molar-refractivity contribution in [3.05, 3.63) is 35.9 Å². The van der Waals surface area contributed by atoms with Crippen molar-refractivity contribution in [1.82, 2.24) is 40.2 Å². The summed E-state index contributed by atoms with van der Waals surface area (Å²) in [5, 5.41) is 13.3. The first kappa shape index (κ1) is 143. The van der Waals surface area contributed by atoms with Crippen LogP contribution in [0.4, 0.5) is 4.79 Å². The van der Waals surface area contributed by atoms with Crippen LogP contribution in [0.3, 0.4) is 0 Å². The number of morpholine rings is 1. The summed E-state index contributed by atoms with van der Waals surface area (Å²) in [6.45, 7) is 115. The molecule has 3 aliphatic heterocycles. The summed E-state index contributed by atoms with van der Waals surface area (Å²) in [4.78, 5) is 55.2. The van der Waals surface area contributed by atoms with Crippen molar-refractivity contribution in [2.24, 2.45) is 77.0 Å². The van der Waals surface area contributed by atoms with Crippen LogP contribution in [-0.2, 0) is 47.6 Å². The Balaban J connectivity index is 0.000000601. The molecule has 3 saturated carbocycles. The normalized spacial score (nSPS) is 24.5. The molecule has 3 heterocycles. The molecular weight excluding hydrogens is 2530 g/mol. The molecule has 3 aliphatic carbocycles. The van der Waals surface area contributed by atoms with Crippen molar-refractivity contribution in [2.45, 2.75) is 532 Å². The average molecular weight is 2760 g/mol. The van der Waals surface area contributed by atoms with E-state index in [1.54, 1.807) is 11.6 Å². The molecule has 1 aromatic rings. The highest BCUT2D eigenvalue weighted by Crippen LogP contribution is 2.59. The van der Waals surface area contributed by atoms with Crippen LogP contribution in [0.2, 0.25) is 0 Å². The molecule has 6 fully saturated rings. The third-order valence-electron chi connectivity index (χ3n) is 27.4. The molecule has 0 N–H and O–H groups in total. The van der Waals surface area contributed by atoms with Crippen LogP contribution >= 0.6 is 134 Å². The van der Waals surface area contributed by atoms with Gasteiger partial charge in [0.05, 0.1) is 48.0 Å². The lowest BCUT2D eigenvalue weighted by Crippen LogP contribution is -2.76. The lowest BCUT2D eigenvalue weighted by atomic mass is 9.61. The molecule has 866 valence electrons. The van der Waals surface area contributed by atoms with Gasteiger partial charge in [0.25, 0.3) is 0 Å². The van der Waals surface area contributed by atoms with Crippen LogP contribution in [0.15, 0.2) is 49.2 Å². The van der Waals surface area contributed by atoms with E-state index in [1.807, 2.05) is 39.8 Å². The van der Waals surface area contributed by atoms with Gasteiger partial charge in [-0.05, 0) is 386 Å². The van der Waals surface area contributed by atoms with E-state index >= 15 is 0 Å². The van der Waals surface area contributed by atoms with Crippen LogP contribution in [0.1, 0.15) is 440 Å². The topological polar surface area (TPSA) is 217 Å². The van der Waals surface area contributed by atoms with Crippen molar-refractivity contribution < 1.29 is 52.4 Å². The fourth-order valence-electron chi connectivity index (χ4n) is 22.5. The van der Waals surface area contributed by atoms with Gasteiger partial charge in [-0.2, -0.15) is 30.4 Å². The average Bonchev–Trinajstić information content (AvgIpc) is 0.708. The monoisotopic (exact) mass is 2760 g/mol. The molecule has 25 nitrogen and oxygen atoms in total. The summed E-state index contributed by atoms with van der Waals surface area (Å²) in [7, 11) is -1.05. The highest BCUT2D eigenvalue weighted by molar-refractivity contribution is 14.2. The highest BCUT2D eigenvalue weighted by Gasteiger charge is 2.62. The molecule has 6 aliphatic rings. The Bertz CT molecular complexity index is 3990. The van der Waals surface area contributed by atoms with Crippen molar-refractivity contribution >= 4 is 140 Å². The number of carbonyl (C=O) groups excluding carboxylic acids is 1. The van der Waals surface area contributed by atoms with Crippen molar-refractivity contribution in [3.8, 4) is 0 Å². The van der Waals surface area contributed by atoms with Crippen molar-refractivity contribution in [1.29, 1.82) is 0 Å². The smallest absolute Gasteiger partial charge is 0.410 e. The Labute approximate surface area is 960 Å². The minimum absolute atomic E-state index is 0.0200. The Morgan fingerprint density at radius 1 is 0.473 bits per heavy atom. The zero-order valence-corrected chi connectivity index (χ0v) is 117. The predicted octanol–water partition coefficient (Wildman–Crippen LogP) is 35.5. The van der Waals surface area contributed by atoms with Crippen LogP contribution in [0.25, 0.3) is 0 Å². The standard InChI is InChI=1S/C26H50IN3O4.C25H48IN3O.C18H31IN2O.C16H36IN2O3P.C16H35IN2O.C13H27IN2O/c1-11-25(15-29(10)23(31)34-24(7,8)9)16-32-17-26(30(25)33-18-28-27-20(4)5)14-21(6)12-13-22(26)19(2)3;1-19(2)23-12-11-22(7)15-25(23)17-28(21(5)6)16-24(13-9-8-10-14-24)29(25)30-18-27-26-20(3)4;1-14(2)17(16-11-9-8-10-12-16)21(18(5,6)7)22-13-20-19-15(3)4;1-11-22-23(10,20)14(15(4,5)6)19(16(7,8)9)21-12-18-17-13(2)3;1-12(2)14(15(5,6)7)19(16(8,9)10)20-11-18-17-13(3)4;1-11(2)14-15-10-17-16-12(3,4)8-7-9-13(16,5)6/h19-22H,11-18H2,1-10H3;19-23H,8-18H2,1-7H3;8-12,14-15,17H,13H2,1-7H3;13-14H,11-12H2,1-10H3;12-14H,11H2,1-10H3;11H,7-10H2,1-6H3. The highest BCUT2D eigenvalue weighted by atomic mass is 127. The van der Waals surface area contributed by atoms with E-state index in [0.29, 0.717) is 140 Å². The first-order valence-corrected chi connectivity index (χ1v) is 71.3. The summed E-state index contributed by atoms with van der Waals surface area (Å²) < 4.78 is 63.0. The number of piperazine rings is 1. The second kappa shape index (κ2) is 66.0. The molecular formula is C114H227I6N14O11P. The van der Waals surface area contributed by atoms with Gasteiger partial charge in [-0.15, -0.1) is 0 Å². The molecule has 0 radical (unpaired) electrons. The largest absolute Gasteiger partial charge is 0.444 e. The Morgan fingerprint density at radius 3 is 1.23 bits per heavy atom. The maximum atomic E-state index is 13.2. The first-order valence-electron chi connectivity index (χ1n) is 55.9. The molecule has 11 unspecified atom stereocenters. The molecule has 146 heavy (non-hydrogen) atoms. The third-order valence-corrected chi connectivity index (χ3v) is 40.8. The number of hydrogen-bond acceptors (Lipinski definition) is 24. The summed E-state index contributed by atoms with van der Waals surface area (Å²) >= 11 is -0.847. The summed E-state index contributed by atoms with van der Waals surface area (Å²) in [6.07, 6.45) is 18.3. The van der Waals surface area contributed by atoms with E-state index < -0.39 is 18.5 Å². The minimum Gasteiger partial charge on any atom is -0.444 e.